The molecule has 0 bridgehead atoms. The topological polar surface area (TPSA) is 88.3 Å². The average molecular weight is 376 g/mol. The molecule has 0 aromatic carbocycles. The second kappa shape index (κ2) is 7.19. The molecular weight excluding hydrogens is 352 g/mol. The first kappa shape index (κ1) is 18.6. The van der Waals surface area contributed by atoms with Gasteiger partial charge in [-0.25, -0.2) is 0 Å². The van der Waals surface area contributed by atoms with E-state index in [-0.39, 0.29) is 29.1 Å². The van der Waals surface area contributed by atoms with Crippen molar-refractivity contribution in [1.82, 2.24) is 19.8 Å². The van der Waals surface area contributed by atoms with E-state index in [1.165, 1.54) is 0 Å². The molecule has 140 valence electrons. The van der Waals surface area contributed by atoms with Crippen molar-refractivity contribution in [3.05, 3.63) is 34.7 Å². The van der Waals surface area contributed by atoms with E-state index >= 15 is 0 Å². The van der Waals surface area contributed by atoms with Gasteiger partial charge in [-0.2, -0.15) is 0 Å². The number of aryl methyl sites for hydroxylation is 1. The van der Waals surface area contributed by atoms with Gasteiger partial charge >= 0.3 is 0 Å². The van der Waals surface area contributed by atoms with E-state index in [1.807, 2.05) is 27.7 Å². The fourth-order valence-electron chi connectivity index (χ4n) is 2.72. The minimum absolute atomic E-state index is 0.00935. The molecule has 2 heterocycles. The number of nitrogens with zero attached hydrogens (tertiary/aromatic N) is 3. The lowest BCUT2D eigenvalue weighted by atomic mass is 10.0. The number of amides is 2. The lowest BCUT2D eigenvalue weighted by Crippen LogP contribution is -2.50. The minimum atomic E-state index is -0.823. The zero-order chi connectivity index (χ0) is 18.9. The number of aromatic nitrogens is 2. The summed E-state index contributed by atoms with van der Waals surface area (Å²) in [6.45, 7) is 7.76. The zero-order valence-electron chi connectivity index (χ0n) is 15.5. The standard InChI is InChI=1S/C18H24N4O3S/c1-5-18(3,4)19-16(23)15(14-9-6-11(2)25-14)22(12-7-8-12)17(24)13-10-26-21-20-13/h6,9-10,12,15H,5,7-8H2,1-4H3,(H,19,23)/t15-/m0/s1. The smallest absolute Gasteiger partial charge is 0.276 e. The molecule has 1 atom stereocenters. The second-order valence-corrected chi connectivity index (χ2v) is 7.92. The van der Waals surface area contributed by atoms with Crippen LogP contribution in [0.4, 0.5) is 0 Å². The summed E-state index contributed by atoms with van der Waals surface area (Å²) in [5.41, 5.74) is -0.116. The van der Waals surface area contributed by atoms with Crippen molar-refractivity contribution in [2.24, 2.45) is 0 Å². The molecule has 1 N–H and O–H groups in total. The summed E-state index contributed by atoms with van der Waals surface area (Å²) in [5, 5.41) is 8.55. The number of nitrogens with one attached hydrogen (secondary N) is 1. The number of hydrogen-bond donors (Lipinski definition) is 1. The first-order chi connectivity index (χ1) is 12.3. The normalized spacial score (nSPS) is 15.5. The van der Waals surface area contributed by atoms with Crippen LogP contribution >= 0.6 is 11.5 Å². The largest absolute Gasteiger partial charge is 0.464 e. The van der Waals surface area contributed by atoms with Gasteiger partial charge in [0.1, 0.15) is 11.5 Å². The summed E-state index contributed by atoms with van der Waals surface area (Å²) in [4.78, 5) is 27.8. The van der Waals surface area contributed by atoms with Crippen LogP contribution in [0.25, 0.3) is 0 Å². The molecule has 0 spiro atoms. The Bertz CT molecular complexity index is 780. The lowest BCUT2D eigenvalue weighted by Gasteiger charge is -2.33. The molecule has 1 aliphatic rings. The Balaban J connectivity index is 1.97. The van der Waals surface area contributed by atoms with Crippen molar-refractivity contribution < 1.29 is 14.0 Å². The highest BCUT2D eigenvalue weighted by Gasteiger charge is 2.44. The van der Waals surface area contributed by atoms with Crippen molar-refractivity contribution in [2.45, 2.75) is 64.6 Å². The Morgan fingerprint density at radius 3 is 2.65 bits per heavy atom. The summed E-state index contributed by atoms with van der Waals surface area (Å²) < 4.78 is 9.53. The molecule has 8 heteroatoms. The number of rotatable bonds is 7. The summed E-state index contributed by atoms with van der Waals surface area (Å²) in [6.07, 6.45) is 2.50. The Hall–Kier alpha value is -2.22. The van der Waals surface area contributed by atoms with Crippen LogP contribution in [0.2, 0.25) is 0 Å². The molecular formula is C18H24N4O3S. The lowest BCUT2D eigenvalue weighted by molar-refractivity contribution is -0.128. The highest BCUT2D eigenvalue weighted by molar-refractivity contribution is 7.03. The van der Waals surface area contributed by atoms with E-state index in [2.05, 4.69) is 14.9 Å². The van der Waals surface area contributed by atoms with Crippen LogP contribution in [0.5, 0.6) is 0 Å². The Morgan fingerprint density at radius 1 is 1.42 bits per heavy atom. The van der Waals surface area contributed by atoms with Gasteiger partial charge < -0.3 is 14.6 Å². The molecule has 3 rings (SSSR count). The average Bonchev–Trinajstić information content (AvgIpc) is 3.09. The number of hydrogen-bond acceptors (Lipinski definition) is 6. The van der Waals surface area contributed by atoms with Gasteiger partial charge in [0.15, 0.2) is 11.7 Å². The Kier molecular flexibility index (Phi) is 5.13. The summed E-state index contributed by atoms with van der Waals surface area (Å²) in [6, 6.07) is 2.76. The highest BCUT2D eigenvalue weighted by atomic mass is 32.1. The SMILES string of the molecule is CCC(C)(C)NC(=O)[C@H](c1ccc(C)o1)N(C(=O)c1csnn1)C1CC1. The first-order valence-corrected chi connectivity index (χ1v) is 9.64. The van der Waals surface area contributed by atoms with Gasteiger partial charge in [-0.1, -0.05) is 11.4 Å². The summed E-state index contributed by atoms with van der Waals surface area (Å²) in [7, 11) is 0. The fraction of sp³-hybridized carbons (Fsp3) is 0.556. The zero-order valence-corrected chi connectivity index (χ0v) is 16.3. The third kappa shape index (κ3) is 3.95. The van der Waals surface area contributed by atoms with Crippen LogP contribution in [0.1, 0.15) is 68.1 Å². The van der Waals surface area contributed by atoms with Gasteiger partial charge in [-0.05, 0) is 63.7 Å². The van der Waals surface area contributed by atoms with Gasteiger partial charge in [-0.3, -0.25) is 9.59 Å². The van der Waals surface area contributed by atoms with Crippen molar-refractivity contribution in [1.29, 1.82) is 0 Å². The molecule has 1 fully saturated rings. The maximum absolute atomic E-state index is 13.2. The van der Waals surface area contributed by atoms with Crippen molar-refractivity contribution in [3.8, 4) is 0 Å². The summed E-state index contributed by atoms with van der Waals surface area (Å²) >= 11 is 1.12. The number of furan rings is 1. The van der Waals surface area contributed by atoms with Gasteiger partial charge in [0.25, 0.3) is 11.8 Å². The van der Waals surface area contributed by atoms with Gasteiger partial charge in [-0.15, -0.1) is 5.10 Å². The summed E-state index contributed by atoms with van der Waals surface area (Å²) in [5.74, 6) is 0.640. The molecule has 0 aliphatic heterocycles. The fourth-order valence-corrected chi connectivity index (χ4v) is 3.15. The molecule has 0 unspecified atom stereocenters. The minimum Gasteiger partial charge on any atom is -0.464 e. The molecule has 1 saturated carbocycles. The molecule has 26 heavy (non-hydrogen) atoms. The maximum atomic E-state index is 13.2. The predicted molar refractivity (Wildman–Crippen MR) is 97.8 cm³/mol. The van der Waals surface area contributed by atoms with E-state index < -0.39 is 6.04 Å². The Labute approximate surface area is 156 Å². The molecule has 2 aromatic heterocycles. The molecule has 2 aromatic rings. The van der Waals surface area contributed by atoms with E-state index in [0.717, 1.165) is 30.8 Å². The second-order valence-electron chi connectivity index (χ2n) is 7.31. The number of carbonyl (C=O) groups is 2. The first-order valence-electron chi connectivity index (χ1n) is 8.80. The van der Waals surface area contributed by atoms with Crippen LogP contribution in [0.3, 0.4) is 0 Å². The van der Waals surface area contributed by atoms with Crippen molar-refractivity contribution in [3.63, 3.8) is 0 Å². The quantitative estimate of drug-likeness (QED) is 0.802. The molecule has 0 radical (unpaired) electrons. The van der Waals surface area contributed by atoms with Crippen molar-refractivity contribution in [2.75, 3.05) is 0 Å². The molecule has 7 nitrogen and oxygen atoms in total. The predicted octanol–water partition coefficient (Wildman–Crippen LogP) is 3.09. The molecule has 1 aliphatic carbocycles. The van der Waals surface area contributed by atoms with E-state index in [0.29, 0.717) is 11.5 Å². The number of carbonyl (C=O) groups excluding carboxylic acids is 2. The molecule has 0 saturated heterocycles. The maximum Gasteiger partial charge on any atom is 0.276 e. The van der Waals surface area contributed by atoms with Crippen LogP contribution in [-0.4, -0.2) is 37.9 Å². The van der Waals surface area contributed by atoms with E-state index in [9.17, 15) is 9.59 Å². The third-order valence-electron chi connectivity index (χ3n) is 4.66. The van der Waals surface area contributed by atoms with Crippen LogP contribution < -0.4 is 5.32 Å². The van der Waals surface area contributed by atoms with Gasteiger partial charge in [0.05, 0.1) is 0 Å². The third-order valence-corrected chi connectivity index (χ3v) is 5.16. The van der Waals surface area contributed by atoms with E-state index in [4.69, 9.17) is 4.42 Å². The Morgan fingerprint density at radius 2 is 2.15 bits per heavy atom. The van der Waals surface area contributed by atoms with E-state index in [1.54, 1.807) is 22.4 Å². The van der Waals surface area contributed by atoms with Gasteiger partial charge in [0, 0.05) is 17.0 Å². The van der Waals surface area contributed by atoms with Crippen LogP contribution in [-0.2, 0) is 4.79 Å². The monoisotopic (exact) mass is 376 g/mol. The van der Waals surface area contributed by atoms with Crippen LogP contribution in [0, 0.1) is 6.92 Å². The van der Waals surface area contributed by atoms with Gasteiger partial charge in [0.2, 0.25) is 0 Å². The van der Waals surface area contributed by atoms with Crippen LogP contribution in [0.15, 0.2) is 21.9 Å². The van der Waals surface area contributed by atoms with Crippen molar-refractivity contribution >= 4 is 23.3 Å². The molecule has 2 amide bonds. The highest BCUT2D eigenvalue weighted by Crippen LogP contribution is 2.37.